The van der Waals surface area contributed by atoms with Crippen molar-refractivity contribution in [2.75, 3.05) is 0 Å². The molecular formula is C47H37N3. The van der Waals surface area contributed by atoms with Gasteiger partial charge in [-0.05, 0) is 85.0 Å². The zero-order valence-corrected chi connectivity index (χ0v) is 28.3. The first-order valence-electron chi connectivity index (χ1n) is 17.6. The van der Waals surface area contributed by atoms with Crippen LogP contribution in [0.25, 0.3) is 60.4 Å². The number of allylic oxidation sites excluding steroid dienone is 8. The maximum absolute atomic E-state index is 5.32. The van der Waals surface area contributed by atoms with Gasteiger partial charge >= 0.3 is 0 Å². The van der Waals surface area contributed by atoms with Crippen molar-refractivity contribution in [3.05, 3.63) is 181 Å². The van der Waals surface area contributed by atoms with E-state index >= 15 is 0 Å². The summed E-state index contributed by atoms with van der Waals surface area (Å²) in [6.07, 6.45) is 12.4. The molecule has 0 saturated carbocycles. The Morgan fingerprint density at radius 2 is 1.08 bits per heavy atom. The number of hydrogen-bond acceptors (Lipinski definition) is 3. The lowest BCUT2D eigenvalue weighted by molar-refractivity contribution is 0.598. The van der Waals surface area contributed by atoms with Gasteiger partial charge in [0.15, 0.2) is 11.6 Å². The monoisotopic (exact) mass is 643 g/mol. The summed E-state index contributed by atoms with van der Waals surface area (Å²) in [5.41, 5.74) is 6.97. The van der Waals surface area contributed by atoms with Crippen molar-refractivity contribution < 1.29 is 0 Å². The van der Waals surface area contributed by atoms with Crippen molar-refractivity contribution >= 4 is 49.0 Å². The summed E-state index contributed by atoms with van der Waals surface area (Å²) >= 11 is 0. The second kappa shape index (κ2) is 12.5. The highest BCUT2D eigenvalue weighted by molar-refractivity contribution is 6.25. The van der Waals surface area contributed by atoms with E-state index in [4.69, 9.17) is 15.0 Å². The first kappa shape index (κ1) is 30.2. The van der Waals surface area contributed by atoms with Gasteiger partial charge in [-0.3, -0.25) is 0 Å². The summed E-state index contributed by atoms with van der Waals surface area (Å²) < 4.78 is 0. The molecule has 0 saturated heterocycles. The summed E-state index contributed by atoms with van der Waals surface area (Å²) in [6.45, 7) is 4.54. The number of fused-ring (bicyclic) bond motifs is 6. The summed E-state index contributed by atoms with van der Waals surface area (Å²) in [5.74, 6) is 2.79. The van der Waals surface area contributed by atoms with E-state index in [-0.39, 0.29) is 17.8 Å². The lowest BCUT2D eigenvalue weighted by Crippen LogP contribution is -2.17. The Balaban J connectivity index is 1.25. The van der Waals surface area contributed by atoms with Gasteiger partial charge in [0.05, 0.1) is 0 Å². The second-order valence-electron chi connectivity index (χ2n) is 13.7. The molecule has 0 spiro atoms. The maximum atomic E-state index is 5.32. The molecule has 3 unspecified atom stereocenters. The lowest BCUT2D eigenvalue weighted by Gasteiger charge is -2.25. The van der Waals surface area contributed by atoms with Crippen LogP contribution in [-0.2, 0) is 0 Å². The third-order valence-corrected chi connectivity index (χ3v) is 10.5. The highest BCUT2D eigenvalue weighted by atomic mass is 15.0. The molecule has 0 radical (unpaired) electrons. The van der Waals surface area contributed by atoms with Gasteiger partial charge in [0.2, 0.25) is 0 Å². The molecule has 3 nitrogen and oxygen atoms in total. The van der Waals surface area contributed by atoms with E-state index in [1.807, 2.05) is 0 Å². The highest BCUT2D eigenvalue weighted by Crippen LogP contribution is 2.40. The van der Waals surface area contributed by atoms with Gasteiger partial charge in [-0.2, -0.15) is 0 Å². The number of hydrogen-bond donors (Lipinski definition) is 0. The zero-order valence-electron chi connectivity index (χ0n) is 28.3. The average molecular weight is 644 g/mol. The number of benzene rings is 6. The molecule has 6 aromatic carbocycles. The first-order valence-corrected chi connectivity index (χ1v) is 17.6. The van der Waals surface area contributed by atoms with Crippen LogP contribution in [0.5, 0.6) is 0 Å². The second-order valence-corrected chi connectivity index (χ2v) is 13.7. The predicted octanol–water partition coefficient (Wildman–Crippen LogP) is 11.9. The minimum atomic E-state index is 0.00423. The molecule has 0 N–H and O–H groups in total. The molecule has 0 aliphatic heterocycles. The van der Waals surface area contributed by atoms with E-state index in [0.29, 0.717) is 5.82 Å². The standard InChI is InChI=1S/C47H37N3/c1-30-21-23-34(32-13-5-3-6-14-32)27-42(30)46-48-45(49-47(50-46)43-28-35(24-22-31(43)2)33-15-7-4-8-16-33)36-25-26-41-39-19-10-9-17-37(39)38-18-11-12-20-40(38)44(41)29-36/h3-21,23-31,42H,22H2,1-2H3. The first-order chi connectivity index (χ1) is 24.6. The van der Waals surface area contributed by atoms with Crippen molar-refractivity contribution in [2.24, 2.45) is 11.8 Å². The van der Waals surface area contributed by atoms with E-state index < -0.39 is 0 Å². The van der Waals surface area contributed by atoms with Gasteiger partial charge < -0.3 is 0 Å². The molecule has 1 heterocycles. The third kappa shape index (κ3) is 5.36. The molecule has 50 heavy (non-hydrogen) atoms. The van der Waals surface area contributed by atoms with Gasteiger partial charge in [-0.25, -0.2) is 15.0 Å². The molecule has 240 valence electrons. The Bertz CT molecular complexity index is 2500. The van der Waals surface area contributed by atoms with Crippen LogP contribution in [0.3, 0.4) is 0 Å². The summed E-state index contributed by atoms with van der Waals surface area (Å²) in [5, 5.41) is 7.47. The Morgan fingerprint density at radius 1 is 0.520 bits per heavy atom. The van der Waals surface area contributed by atoms with Gasteiger partial charge in [0.1, 0.15) is 5.82 Å². The predicted molar refractivity (Wildman–Crippen MR) is 209 cm³/mol. The highest BCUT2D eigenvalue weighted by Gasteiger charge is 2.27. The molecule has 2 aliphatic rings. The molecule has 0 fully saturated rings. The molecule has 9 rings (SSSR count). The van der Waals surface area contributed by atoms with Crippen LogP contribution in [0.15, 0.2) is 158 Å². The quantitative estimate of drug-likeness (QED) is 0.175. The van der Waals surface area contributed by atoms with Crippen LogP contribution in [0, 0.1) is 11.8 Å². The van der Waals surface area contributed by atoms with Gasteiger partial charge in [0, 0.05) is 17.1 Å². The molecule has 0 amide bonds. The Morgan fingerprint density at radius 3 is 1.74 bits per heavy atom. The van der Waals surface area contributed by atoms with Gasteiger partial charge in [0.25, 0.3) is 0 Å². The molecule has 1 aromatic heterocycles. The largest absolute Gasteiger partial charge is 0.213 e. The average Bonchev–Trinajstić information content (AvgIpc) is 3.18. The molecule has 3 heteroatoms. The summed E-state index contributed by atoms with van der Waals surface area (Å²) in [6, 6.07) is 45.4. The number of rotatable bonds is 5. The zero-order chi connectivity index (χ0) is 33.6. The SMILES string of the molecule is CC1CC=C(c2ccccc2)C=C1c1nc(-c2ccc3c4ccccc4c4ccccc4c3c2)nc(C2C=C(c3ccccc3)C=CC2C)n1. The number of aromatic nitrogens is 3. The fourth-order valence-electron chi connectivity index (χ4n) is 7.67. The van der Waals surface area contributed by atoms with Crippen LogP contribution in [0.2, 0.25) is 0 Å². The topological polar surface area (TPSA) is 38.7 Å². The van der Waals surface area contributed by atoms with Gasteiger partial charge in [-0.1, -0.05) is 159 Å². The van der Waals surface area contributed by atoms with E-state index in [1.54, 1.807) is 0 Å². The van der Waals surface area contributed by atoms with Crippen molar-refractivity contribution in [3.63, 3.8) is 0 Å². The van der Waals surface area contributed by atoms with Crippen LogP contribution >= 0.6 is 0 Å². The molecule has 2 aliphatic carbocycles. The fraction of sp³-hybridized carbons (Fsp3) is 0.128. The summed E-state index contributed by atoms with van der Waals surface area (Å²) in [7, 11) is 0. The third-order valence-electron chi connectivity index (χ3n) is 10.5. The van der Waals surface area contributed by atoms with Crippen LogP contribution in [0.1, 0.15) is 49.0 Å². The molecule has 3 atom stereocenters. The van der Waals surface area contributed by atoms with Crippen molar-refractivity contribution in [2.45, 2.75) is 26.2 Å². The van der Waals surface area contributed by atoms with Crippen molar-refractivity contribution in [3.8, 4) is 11.4 Å². The smallest absolute Gasteiger partial charge is 0.163 e. The van der Waals surface area contributed by atoms with E-state index in [2.05, 4.69) is 172 Å². The van der Waals surface area contributed by atoms with Crippen molar-refractivity contribution in [1.29, 1.82) is 0 Å². The normalized spacial score (nSPS) is 19.0. The lowest BCUT2D eigenvalue weighted by atomic mass is 9.84. The minimum absolute atomic E-state index is 0.00423. The number of nitrogens with zero attached hydrogens (tertiary/aromatic N) is 3. The van der Waals surface area contributed by atoms with Crippen molar-refractivity contribution in [1.82, 2.24) is 15.0 Å². The molecule has 7 aromatic rings. The molecule has 0 bridgehead atoms. The van der Waals surface area contributed by atoms with Crippen LogP contribution in [0.4, 0.5) is 0 Å². The minimum Gasteiger partial charge on any atom is -0.213 e. The molecular weight excluding hydrogens is 607 g/mol. The van der Waals surface area contributed by atoms with Crippen LogP contribution < -0.4 is 0 Å². The maximum Gasteiger partial charge on any atom is 0.163 e. The van der Waals surface area contributed by atoms with E-state index in [9.17, 15) is 0 Å². The van der Waals surface area contributed by atoms with E-state index in [1.165, 1.54) is 54.6 Å². The Kier molecular flexibility index (Phi) is 7.54. The van der Waals surface area contributed by atoms with E-state index in [0.717, 1.165) is 29.2 Å². The van der Waals surface area contributed by atoms with Crippen LogP contribution in [-0.4, -0.2) is 15.0 Å². The van der Waals surface area contributed by atoms with Gasteiger partial charge in [-0.15, -0.1) is 0 Å². The Hall–Kier alpha value is -5.93. The summed E-state index contributed by atoms with van der Waals surface area (Å²) in [4.78, 5) is 15.9. The fourth-order valence-corrected chi connectivity index (χ4v) is 7.67. The Labute approximate surface area is 293 Å².